The number of aromatic carboxylic acids is 1. The summed E-state index contributed by atoms with van der Waals surface area (Å²) in [6.07, 6.45) is -5.66. The number of aromatic nitrogens is 3. The van der Waals surface area contributed by atoms with E-state index in [9.17, 15) is 26.7 Å². The van der Waals surface area contributed by atoms with E-state index < -0.39 is 30.1 Å². The van der Waals surface area contributed by atoms with Crippen LogP contribution in [0, 0.1) is 0 Å². The van der Waals surface area contributed by atoms with Crippen molar-refractivity contribution in [2.24, 2.45) is 0 Å². The molecule has 1 aromatic heterocycles. The molecular formula is C11H12F5N3O5. The third-order valence-electron chi connectivity index (χ3n) is 2.92. The first-order chi connectivity index (χ1) is 10.9. The Morgan fingerprint density at radius 2 is 1.71 bits per heavy atom. The summed E-state index contributed by atoms with van der Waals surface area (Å²) in [7, 11) is 0. The van der Waals surface area contributed by atoms with E-state index in [4.69, 9.17) is 19.7 Å². The van der Waals surface area contributed by atoms with Gasteiger partial charge in [0.25, 0.3) is 5.88 Å². The summed E-state index contributed by atoms with van der Waals surface area (Å²) in [5.74, 6) is -6.79. The van der Waals surface area contributed by atoms with Gasteiger partial charge in [0.2, 0.25) is 11.6 Å². The Hall–Kier alpha value is -2.47. The Morgan fingerprint density at radius 3 is 2.12 bits per heavy atom. The summed E-state index contributed by atoms with van der Waals surface area (Å²) in [4.78, 5) is 19.6. The number of rotatable bonds is 3. The summed E-state index contributed by atoms with van der Waals surface area (Å²) in [6.45, 7) is 0. The van der Waals surface area contributed by atoms with Crippen molar-refractivity contribution >= 4 is 11.9 Å². The molecule has 0 aromatic carbocycles. The summed E-state index contributed by atoms with van der Waals surface area (Å²) in [6, 6.07) is 0. The Labute approximate surface area is 130 Å². The predicted octanol–water partition coefficient (Wildman–Crippen LogP) is 2.09. The zero-order valence-electron chi connectivity index (χ0n) is 11.8. The molecule has 0 saturated heterocycles. The van der Waals surface area contributed by atoms with Crippen LogP contribution in [0.3, 0.4) is 0 Å². The van der Waals surface area contributed by atoms with Crippen LogP contribution in [0.4, 0.5) is 22.0 Å². The molecule has 1 saturated carbocycles. The lowest BCUT2D eigenvalue weighted by Crippen LogP contribution is -2.31. The number of halogens is 5. The molecule has 8 nitrogen and oxygen atoms in total. The molecule has 0 atom stereocenters. The average molecular weight is 361 g/mol. The number of nitrogens with zero attached hydrogens (tertiary/aromatic N) is 2. The first kappa shape index (κ1) is 19.6. The van der Waals surface area contributed by atoms with Crippen molar-refractivity contribution in [1.29, 1.82) is 0 Å². The van der Waals surface area contributed by atoms with Crippen LogP contribution in [0.15, 0.2) is 0 Å². The first-order valence-corrected chi connectivity index (χ1v) is 6.41. The van der Waals surface area contributed by atoms with Gasteiger partial charge in [-0.2, -0.15) is 13.2 Å². The van der Waals surface area contributed by atoms with Crippen LogP contribution in [0.25, 0.3) is 0 Å². The number of aliphatic carboxylic acids is 1. The van der Waals surface area contributed by atoms with Gasteiger partial charge in [-0.05, 0) is 12.8 Å². The molecule has 1 aliphatic carbocycles. The minimum atomic E-state index is -5.08. The molecule has 2 rings (SSSR count). The topological polar surface area (TPSA) is 125 Å². The third-order valence-corrected chi connectivity index (χ3v) is 2.92. The quantitative estimate of drug-likeness (QED) is 0.704. The van der Waals surface area contributed by atoms with E-state index in [1.807, 2.05) is 0 Å². The lowest BCUT2D eigenvalue weighted by molar-refractivity contribution is -0.192. The maximum absolute atomic E-state index is 12.9. The van der Waals surface area contributed by atoms with Crippen LogP contribution in [0.5, 0.6) is 5.88 Å². The van der Waals surface area contributed by atoms with Gasteiger partial charge in [-0.15, -0.1) is 0 Å². The van der Waals surface area contributed by atoms with E-state index in [-0.39, 0.29) is 37.3 Å². The van der Waals surface area contributed by atoms with E-state index >= 15 is 0 Å². The van der Waals surface area contributed by atoms with Crippen LogP contribution in [0.1, 0.15) is 36.2 Å². The van der Waals surface area contributed by atoms with Gasteiger partial charge in [-0.3, -0.25) is 0 Å². The molecule has 13 heteroatoms. The lowest BCUT2D eigenvalue weighted by atomic mass is 9.94. The van der Waals surface area contributed by atoms with Gasteiger partial charge < -0.3 is 14.9 Å². The van der Waals surface area contributed by atoms with Gasteiger partial charge in [0.15, 0.2) is 0 Å². The summed E-state index contributed by atoms with van der Waals surface area (Å²) in [5.41, 5.74) is -0.262. The number of aromatic amines is 1. The van der Waals surface area contributed by atoms with Gasteiger partial charge in [0.05, 0.1) is 0 Å². The molecule has 0 unspecified atom stereocenters. The molecule has 0 bridgehead atoms. The summed E-state index contributed by atoms with van der Waals surface area (Å²) in [5, 5.41) is 24.8. The Kier molecular flexibility index (Phi) is 6.04. The van der Waals surface area contributed by atoms with Crippen molar-refractivity contribution < 1.29 is 46.5 Å². The van der Waals surface area contributed by atoms with E-state index in [1.54, 1.807) is 0 Å². The standard InChI is InChI=1S/C9H11F2N3O3.C2HF3O2/c10-9(11)3-1-5(2-4-9)17-7-6(8(15)16)12-14-13-7;3-2(4,5)1(6)7/h5H,1-4H2,(H,15,16)(H,12,13,14);(H,6,7). The van der Waals surface area contributed by atoms with Crippen molar-refractivity contribution in [3.8, 4) is 5.88 Å². The largest absolute Gasteiger partial charge is 0.490 e. The number of carbonyl (C=O) groups is 2. The number of carboxylic acids is 2. The van der Waals surface area contributed by atoms with Crippen molar-refractivity contribution in [2.75, 3.05) is 0 Å². The molecule has 0 amide bonds. The molecule has 0 radical (unpaired) electrons. The predicted molar refractivity (Wildman–Crippen MR) is 64.9 cm³/mol. The van der Waals surface area contributed by atoms with Gasteiger partial charge in [0, 0.05) is 12.8 Å². The zero-order chi connectivity index (χ0) is 18.5. The number of hydrogen-bond acceptors (Lipinski definition) is 5. The molecule has 0 spiro atoms. The molecule has 1 aliphatic rings. The number of H-pyrrole nitrogens is 1. The smallest absolute Gasteiger partial charge is 0.476 e. The Morgan fingerprint density at radius 1 is 1.21 bits per heavy atom. The highest BCUT2D eigenvalue weighted by atomic mass is 19.4. The maximum atomic E-state index is 12.9. The lowest BCUT2D eigenvalue weighted by Gasteiger charge is -2.27. The number of carboxylic acid groups (broad SMARTS) is 2. The van der Waals surface area contributed by atoms with Gasteiger partial charge in [-0.25, -0.2) is 23.5 Å². The average Bonchev–Trinajstić information content (AvgIpc) is 2.89. The van der Waals surface area contributed by atoms with E-state index in [0.29, 0.717) is 0 Å². The molecular weight excluding hydrogens is 349 g/mol. The molecule has 136 valence electrons. The second-order valence-corrected chi connectivity index (χ2v) is 4.77. The summed E-state index contributed by atoms with van der Waals surface area (Å²) < 4.78 is 62.8. The third kappa shape index (κ3) is 5.96. The SMILES string of the molecule is O=C(O)C(F)(F)F.O=C(O)c1[nH]nnc1OC1CCC(F)(F)CC1. The zero-order valence-corrected chi connectivity index (χ0v) is 11.8. The molecule has 1 heterocycles. The Balaban J connectivity index is 0.000000351. The van der Waals surface area contributed by atoms with Crippen molar-refractivity contribution in [3.63, 3.8) is 0 Å². The van der Waals surface area contributed by atoms with E-state index in [0.717, 1.165) is 0 Å². The van der Waals surface area contributed by atoms with Crippen LogP contribution in [-0.2, 0) is 4.79 Å². The minimum Gasteiger partial charge on any atom is -0.476 e. The molecule has 3 N–H and O–H groups in total. The normalized spacial score (nSPS) is 17.5. The van der Waals surface area contributed by atoms with E-state index in [2.05, 4.69) is 15.4 Å². The maximum Gasteiger partial charge on any atom is 0.490 e. The second-order valence-electron chi connectivity index (χ2n) is 4.77. The highest BCUT2D eigenvalue weighted by molar-refractivity contribution is 5.87. The Bertz CT molecular complexity index is 579. The van der Waals surface area contributed by atoms with Crippen LogP contribution in [0.2, 0.25) is 0 Å². The summed E-state index contributed by atoms with van der Waals surface area (Å²) >= 11 is 0. The molecule has 0 aliphatic heterocycles. The van der Waals surface area contributed by atoms with Crippen LogP contribution in [-0.4, -0.2) is 55.8 Å². The van der Waals surface area contributed by atoms with Crippen molar-refractivity contribution in [3.05, 3.63) is 5.69 Å². The second kappa shape index (κ2) is 7.40. The van der Waals surface area contributed by atoms with Crippen LogP contribution >= 0.6 is 0 Å². The first-order valence-electron chi connectivity index (χ1n) is 6.41. The van der Waals surface area contributed by atoms with Gasteiger partial charge >= 0.3 is 18.1 Å². The fourth-order valence-corrected chi connectivity index (χ4v) is 1.73. The van der Waals surface area contributed by atoms with Gasteiger partial charge in [-0.1, -0.05) is 10.3 Å². The number of alkyl halides is 5. The van der Waals surface area contributed by atoms with Crippen molar-refractivity contribution in [2.45, 2.75) is 43.9 Å². The van der Waals surface area contributed by atoms with Crippen LogP contribution < -0.4 is 4.74 Å². The molecule has 1 fully saturated rings. The highest BCUT2D eigenvalue weighted by Gasteiger charge is 2.38. The van der Waals surface area contributed by atoms with Crippen molar-refractivity contribution in [1.82, 2.24) is 15.4 Å². The number of hydrogen-bond donors (Lipinski definition) is 3. The van der Waals surface area contributed by atoms with E-state index in [1.165, 1.54) is 0 Å². The number of nitrogens with one attached hydrogen (secondary N) is 1. The monoisotopic (exact) mass is 361 g/mol. The fourth-order valence-electron chi connectivity index (χ4n) is 1.73. The fraction of sp³-hybridized carbons (Fsp3) is 0.636. The minimum absolute atomic E-state index is 0.146. The van der Waals surface area contributed by atoms with Gasteiger partial charge in [0.1, 0.15) is 6.10 Å². The molecule has 1 aromatic rings. The number of ether oxygens (including phenoxy) is 1. The highest BCUT2D eigenvalue weighted by Crippen LogP contribution is 2.34. The molecule has 24 heavy (non-hydrogen) atoms.